The third kappa shape index (κ3) is 4.58. The molecule has 2 rings (SSSR count). The number of hydrogen-bond acceptors (Lipinski definition) is 4. The molecule has 1 heterocycles. The van der Waals surface area contributed by atoms with Gasteiger partial charge in [-0.15, -0.1) is 11.3 Å². The zero-order valence-electron chi connectivity index (χ0n) is 12.1. The maximum Gasteiger partial charge on any atom is 0.325 e. The van der Waals surface area contributed by atoms with Crippen LogP contribution < -0.4 is 10.1 Å². The molecule has 112 valence electrons. The molecular weight excluding hydrogens is 286 g/mol. The number of ether oxygens (including phenoxy) is 1. The SMILES string of the molecule is CC(C)Oc1ccc(C(NCc2cccs2)C(=O)O)cc1. The van der Waals surface area contributed by atoms with Crippen LogP contribution in [0.1, 0.15) is 30.3 Å². The monoisotopic (exact) mass is 305 g/mol. The number of rotatable bonds is 7. The van der Waals surface area contributed by atoms with Crippen LogP contribution in [-0.4, -0.2) is 17.2 Å². The molecule has 0 spiro atoms. The summed E-state index contributed by atoms with van der Waals surface area (Å²) in [6, 6.07) is 10.4. The Morgan fingerprint density at radius 1 is 1.29 bits per heavy atom. The van der Waals surface area contributed by atoms with Gasteiger partial charge in [-0.05, 0) is 43.0 Å². The van der Waals surface area contributed by atoms with E-state index in [1.165, 1.54) is 0 Å². The first kappa shape index (κ1) is 15.5. The maximum absolute atomic E-state index is 11.4. The highest BCUT2D eigenvalue weighted by Crippen LogP contribution is 2.20. The molecular formula is C16H19NO3S. The molecule has 0 aliphatic rings. The third-order valence-corrected chi connectivity index (χ3v) is 3.77. The average molecular weight is 305 g/mol. The highest BCUT2D eigenvalue weighted by atomic mass is 32.1. The molecule has 1 aromatic carbocycles. The molecule has 0 aliphatic heterocycles. The minimum Gasteiger partial charge on any atom is -0.491 e. The lowest BCUT2D eigenvalue weighted by Gasteiger charge is -2.15. The Morgan fingerprint density at radius 2 is 2.00 bits per heavy atom. The van der Waals surface area contributed by atoms with Crippen molar-refractivity contribution in [1.29, 1.82) is 0 Å². The molecule has 5 heteroatoms. The van der Waals surface area contributed by atoms with Crippen molar-refractivity contribution in [3.05, 3.63) is 52.2 Å². The van der Waals surface area contributed by atoms with Crippen LogP contribution in [0.25, 0.3) is 0 Å². The number of benzene rings is 1. The first-order valence-electron chi connectivity index (χ1n) is 6.81. The predicted molar refractivity (Wildman–Crippen MR) is 83.7 cm³/mol. The highest BCUT2D eigenvalue weighted by Gasteiger charge is 2.19. The van der Waals surface area contributed by atoms with E-state index in [1.807, 2.05) is 31.4 Å². The highest BCUT2D eigenvalue weighted by molar-refractivity contribution is 7.09. The lowest BCUT2D eigenvalue weighted by atomic mass is 10.1. The molecule has 0 saturated heterocycles. The van der Waals surface area contributed by atoms with Gasteiger partial charge >= 0.3 is 5.97 Å². The fraction of sp³-hybridized carbons (Fsp3) is 0.312. The second kappa shape index (κ2) is 7.24. The maximum atomic E-state index is 11.4. The Kier molecular flexibility index (Phi) is 5.36. The fourth-order valence-electron chi connectivity index (χ4n) is 1.97. The number of hydrogen-bond donors (Lipinski definition) is 2. The lowest BCUT2D eigenvalue weighted by molar-refractivity contribution is -0.139. The second-order valence-electron chi connectivity index (χ2n) is 4.97. The molecule has 2 N–H and O–H groups in total. The minimum absolute atomic E-state index is 0.100. The normalized spacial score (nSPS) is 12.3. The van der Waals surface area contributed by atoms with E-state index in [4.69, 9.17) is 4.74 Å². The summed E-state index contributed by atoms with van der Waals surface area (Å²) in [4.78, 5) is 12.5. The number of aliphatic carboxylic acids is 1. The average Bonchev–Trinajstić information content (AvgIpc) is 2.93. The summed E-state index contributed by atoms with van der Waals surface area (Å²) in [5.41, 5.74) is 0.718. The van der Waals surface area contributed by atoms with Crippen molar-refractivity contribution in [2.24, 2.45) is 0 Å². The third-order valence-electron chi connectivity index (χ3n) is 2.89. The fourth-order valence-corrected chi connectivity index (χ4v) is 2.63. The molecule has 0 radical (unpaired) electrons. The van der Waals surface area contributed by atoms with Crippen molar-refractivity contribution < 1.29 is 14.6 Å². The molecule has 0 saturated carbocycles. The number of thiophene rings is 1. The molecule has 0 bridgehead atoms. The molecule has 2 aromatic rings. The van der Waals surface area contributed by atoms with Crippen LogP contribution in [0.2, 0.25) is 0 Å². The van der Waals surface area contributed by atoms with Crippen LogP contribution in [0.15, 0.2) is 41.8 Å². The zero-order valence-corrected chi connectivity index (χ0v) is 12.9. The summed E-state index contributed by atoms with van der Waals surface area (Å²) >= 11 is 1.61. The topological polar surface area (TPSA) is 58.6 Å². The van der Waals surface area contributed by atoms with Gasteiger partial charge in [0.05, 0.1) is 6.10 Å². The van der Waals surface area contributed by atoms with E-state index in [2.05, 4.69) is 5.32 Å². The van der Waals surface area contributed by atoms with E-state index in [-0.39, 0.29) is 6.10 Å². The summed E-state index contributed by atoms with van der Waals surface area (Å²) in [5.74, 6) is -0.139. The Bertz CT molecular complexity index is 564. The standard InChI is InChI=1S/C16H19NO3S/c1-11(2)20-13-7-5-12(6-8-13)15(16(18)19)17-10-14-4-3-9-21-14/h3-9,11,15,17H,10H2,1-2H3,(H,18,19). The van der Waals surface area contributed by atoms with Gasteiger partial charge in [0.15, 0.2) is 0 Å². The first-order chi connectivity index (χ1) is 10.1. The smallest absolute Gasteiger partial charge is 0.325 e. The van der Waals surface area contributed by atoms with Gasteiger partial charge in [-0.1, -0.05) is 18.2 Å². The van der Waals surface area contributed by atoms with E-state index >= 15 is 0 Å². The zero-order chi connectivity index (χ0) is 15.2. The molecule has 0 aliphatic carbocycles. The molecule has 4 nitrogen and oxygen atoms in total. The molecule has 1 unspecified atom stereocenters. The van der Waals surface area contributed by atoms with Gasteiger partial charge in [-0.25, -0.2) is 0 Å². The quantitative estimate of drug-likeness (QED) is 0.822. The number of nitrogens with one attached hydrogen (secondary N) is 1. The number of carbonyl (C=O) groups is 1. The Balaban J connectivity index is 2.05. The van der Waals surface area contributed by atoms with Gasteiger partial charge < -0.3 is 9.84 Å². The summed E-state index contributed by atoms with van der Waals surface area (Å²) in [6.07, 6.45) is 0.100. The summed E-state index contributed by atoms with van der Waals surface area (Å²) in [5, 5.41) is 14.4. The van der Waals surface area contributed by atoms with Gasteiger partial charge in [0, 0.05) is 11.4 Å². The Labute approximate surface area is 128 Å². The van der Waals surface area contributed by atoms with E-state index < -0.39 is 12.0 Å². The number of carboxylic acids is 1. The van der Waals surface area contributed by atoms with E-state index in [0.717, 1.165) is 16.2 Å². The molecule has 0 fully saturated rings. The largest absolute Gasteiger partial charge is 0.491 e. The summed E-state index contributed by atoms with van der Waals surface area (Å²) < 4.78 is 5.56. The van der Waals surface area contributed by atoms with Gasteiger partial charge in [0.1, 0.15) is 11.8 Å². The van der Waals surface area contributed by atoms with E-state index in [1.54, 1.807) is 35.6 Å². The molecule has 1 atom stereocenters. The Morgan fingerprint density at radius 3 is 2.52 bits per heavy atom. The van der Waals surface area contributed by atoms with Gasteiger partial charge in [0.2, 0.25) is 0 Å². The predicted octanol–water partition coefficient (Wildman–Crippen LogP) is 3.45. The van der Waals surface area contributed by atoms with Crippen molar-refractivity contribution in [3.63, 3.8) is 0 Å². The lowest BCUT2D eigenvalue weighted by Crippen LogP contribution is -2.27. The van der Waals surface area contributed by atoms with Crippen molar-refractivity contribution in [3.8, 4) is 5.75 Å². The molecule has 21 heavy (non-hydrogen) atoms. The van der Waals surface area contributed by atoms with Crippen molar-refractivity contribution in [2.45, 2.75) is 32.5 Å². The van der Waals surface area contributed by atoms with Crippen LogP contribution in [-0.2, 0) is 11.3 Å². The van der Waals surface area contributed by atoms with Crippen LogP contribution in [0.3, 0.4) is 0 Å². The van der Waals surface area contributed by atoms with Crippen LogP contribution in [0, 0.1) is 0 Å². The second-order valence-corrected chi connectivity index (χ2v) is 6.00. The Hall–Kier alpha value is -1.85. The molecule has 1 aromatic heterocycles. The van der Waals surface area contributed by atoms with Crippen LogP contribution >= 0.6 is 11.3 Å². The van der Waals surface area contributed by atoms with Crippen molar-refractivity contribution in [2.75, 3.05) is 0 Å². The van der Waals surface area contributed by atoms with Gasteiger partial charge in [-0.2, -0.15) is 0 Å². The van der Waals surface area contributed by atoms with Crippen molar-refractivity contribution >= 4 is 17.3 Å². The van der Waals surface area contributed by atoms with Crippen molar-refractivity contribution in [1.82, 2.24) is 5.32 Å². The summed E-state index contributed by atoms with van der Waals surface area (Å²) in [6.45, 7) is 4.45. The van der Waals surface area contributed by atoms with Gasteiger partial charge in [0.25, 0.3) is 0 Å². The van der Waals surface area contributed by atoms with E-state index in [0.29, 0.717) is 6.54 Å². The van der Waals surface area contributed by atoms with Crippen LogP contribution in [0.4, 0.5) is 0 Å². The first-order valence-corrected chi connectivity index (χ1v) is 7.69. The number of carboxylic acid groups (broad SMARTS) is 1. The van der Waals surface area contributed by atoms with E-state index in [9.17, 15) is 9.90 Å². The van der Waals surface area contributed by atoms with Crippen LogP contribution in [0.5, 0.6) is 5.75 Å². The molecule has 0 amide bonds. The minimum atomic E-state index is -0.885. The van der Waals surface area contributed by atoms with Gasteiger partial charge in [-0.3, -0.25) is 10.1 Å². The summed E-state index contributed by atoms with van der Waals surface area (Å²) in [7, 11) is 0.